The highest BCUT2D eigenvalue weighted by Gasteiger charge is 1.92. The van der Waals surface area contributed by atoms with E-state index in [9.17, 15) is 0 Å². The molecule has 0 amide bonds. The highest BCUT2D eigenvalue weighted by atomic mass is 35.5. The third-order valence-electron chi connectivity index (χ3n) is 0.791. The molecule has 6 heteroatoms. The summed E-state index contributed by atoms with van der Waals surface area (Å²) in [6.07, 6.45) is 1.55. The second kappa shape index (κ2) is 4.78. The fraction of sp³-hybridized carbons (Fsp3) is 0. The zero-order chi connectivity index (χ0) is 7.98. The number of aromatic nitrogens is 2. The summed E-state index contributed by atoms with van der Waals surface area (Å²) in [7, 11) is 0. The molecule has 0 fully saturated rings. The van der Waals surface area contributed by atoms with E-state index in [0.717, 1.165) is 0 Å². The van der Waals surface area contributed by atoms with E-state index in [4.69, 9.17) is 15.8 Å². The molecule has 0 saturated heterocycles. The van der Waals surface area contributed by atoms with Gasteiger partial charge in [0.05, 0.1) is 17.6 Å². The Labute approximate surface area is 62.5 Å². The maximum Gasteiger partial charge on any atom is 0.141 e. The first-order chi connectivity index (χ1) is 4.80. The van der Waals surface area contributed by atoms with Gasteiger partial charge in [0.1, 0.15) is 5.84 Å². The smallest absolute Gasteiger partial charge is 0.141 e. The van der Waals surface area contributed by atoms with Crippen molar-refractivity contribution in [2.24, 2.45) is 5.73 Å². The van der Waals surface area contributed by atoms with Gasteiger partial charge in [-0.15, -0.1) is 0 Å². The molecule has 0 aliphatic carbocycles. The monoisotopic (exact) mass is 162 g/mol. The fourth-order valence-corrected chi connectivity index (χ4v) is 0.406. The molecule has 0 atom stereocenters. The van der Waals surface area contributed by atoms with Crippen LogP contribution in [0.4, 0.5) is 0 Å². The quantitative estimate of drug-likeness (QED) is 0.341. The van der Waals surface area contributed by atoms with Crippen LogP contribution in [0.15, 0.2) is 12.3 Å². The lowest BCUT2D eigenvalue weighted by Gasteiger charge is -1.85. The molecule has 1 aromatic rings. The van der Waals surface area contributed by atoms with Crippen LogP contribution in [0.5, 0.6) is 0 Å². The van der Waals surface area contributed by atoms with Gasteiger partial charge in [0.2, 0.25) is 0 Å². The summed E-state index contributed by atoms with van der Waals surface area (Å²) in [6, 6.07) is 1.64. The third-order valence-corrected chi connectivity index (χ3v) is 0.791. The van der Waals surface area contributed by atoms with Gasteiger partial charge in [0.25, 0.3) is 0 Å². The molecule has 5 nitrogen and oxygen atoms in total. The minimum absolute atomic E-state index is 0.0162. The first kappa shape index (κ1) is 8.93. The zero-order valence-corrected chi connectivity index (χ0v) is 5.76. The van der Waals surface area contributed by atoms with E-state index in [1.165, 1.54) is 0 Å². The predicted octanol–water partition coefficient (Wildman–Crippen LogP) is -0.174. The summed E-state index contributed by atoms with van der Waals surface area (Å²) in [5.41, 5.74) is 5.63. The maximum atomic E-state index is 6.86. The summed E-state index contributed by atoms with van der Waals surface area (Å²) in [5, 5.41) is 13.0. The van der Waals surface area contributed by atoms with E-state index < -0.39 is 0 Å². The van der Waals surface area contributed by atoms with E-state index in [1.54, 1.807) is 12.3 Å². The Bertz CT molecular complexity index is 185. The van der Waals surface area contributed by atoms with E-state index in [-0.39, 0.29) is 5.84 Å². The summed E-state index contributed by atoms with van der Waals surface area (Å²) in [6.45, 7) is 0. The van der Waals surface area contributed by atoms with Crippen LogP contribution in [-0.2, 0) is 0 Å². The Balaban J connectivity index is 0.000000371. The number of nitrogen functional groups attached to an aromatic ring is 1. The second-order valence-electron chi connectivity index (χ2n) is 1.38. The highest BCUT2D eigenvalue weighted by molar-refractivity contribution is 6.04. The highest BCUT2D eigenvalue weighted by Crippen LogP contribution is 1.85. The maximum absolute atomic E-state index is 6.86. The number of halogens is 1. The minimum Gasteiger partial charge on any atom is -0.382 e. The molecular formula is C4H7ClN4O. The lowest BCUT2D eigenvalue weighted by atomic mass is 10.4. The molecule has 1 heterocycles. The minimum atomic E-state index is 0.0162. The van der Waals surface area contributed by atoms with Crippen LogP contribution in [0.25, 0.3) is 0 Å². The van der Waals surface area contributed by atoms with E-state index in [0.29, 0.717) is 5.69 Å². The molecule has 0 bridgehead atoms. The van der Waals surface area contributed by atoms with Gasteiger partial charge in [0, 0.05) is 6.20 Å². The topological polar surface area (TPSA) is 98.8 Å². The molecule has 1 rings (SSSR count). The Morgan fingerprint density at radius 3 is 2.60 bits per heavy atom. The van der Waals surface area contributed by atoms with Crippen molar-refractivity contribution in [1.29, 1.82) is 5.41 Å². The number of hydrogen-bond donors (Lipinski definition) is 4. The van der Waals surface area contributed by atoms with Gasteiger partial charge in [0.15, 0.2) is 0 Å². The Morgan fingerprint density at radius 2 is 2.40 bits per heavy atom. The van der Waals surface area contributed by atoms with Crippen molar-refractivity contribution in [3.8, 4) is 0 Å². The molecular weight excluding hydrogens is 156 g/mol. The third kappa shape index (κ3) is 2.47. The van der Waals surface area contributed by atoms with Crippen molar-refractivity contribution in [3.63, 3.8) is 0 Å². The molecule has 0 aliphatic heterocycles. The molecule has 10 heavy (non-hydrogen) atoms. The van der Waals surface area contributed by atoms with Crippen LogP contribution < -0.4 is 5.73 Å². The number of aromatic amines is 1. The van der Waals surface area contributed by atoms with Crippen LogP contribution in [0.1, 0.15) is 5.69 Å². The van der Waals surface area contributed by atoms with Gasteiger partial charge in [-0.25, -0.2) is 0 Å². The predicted molar refractivity (Wildman–Crippen MR) is 37.7 cm³/mol. The standard InChI is InChI=1S/C4H6N4.ClHO/c5-4(6)3-1-2-7-8-3;1-2/h1-2H,(H3,5,6)(H,7,8);2H. The zero-order valence-electron chi connectivity index (χ0n) is 5.00. The first-order valence-electron chi connectivity index (χ1n) is 2.31. The van der Waals surface area contributed by atoms with Crippen molar-refractivity contribution < 1.29 is 4.66 Å². The Morgan fingerprint density at radius 1 is 1.80 bits per heavy atom. The molecule has 0 radical (unpaired) electrons. The van der Waals surface area contributed by atoms with Gasteiger partial charge < -0.3 is 5.73 Å². The van der Waals surface area contributed by atoms with Gasteiger partial charge in [-0.1, -0.05) is 0 Å². The number of nitrogens with one attached hydrogen (secondary N) is 2. The van der Waals surface area contributed by atoms with Gasteiger partial charge in [-0.3, -0.25) is 15.2 Å². The van der Waals surface area contributed by atoms with Crippen molar-refractivity contribution in [2.45, 2.75) is 0 Å². The molecule has 0 saturated carbocycles. The molecule has 56 valence electrons. The van der Waals surface area contributed by atoms with Gasteiger partial charge in [-0.2, -0.15) is 5.10 Å². The average molecular weight is 163 g/mol. The number of rotatable bonds is 1. The van der Waals surface area contributed by atoms with Gasteiger partial charge in [-0.05, 0) is 6.07 Å². The SMILES string of the molecule is N=C(N)c1ccn[nH]1.OCl. The van der Waals surface area contributed by atoms with Crippen LogP contribution >= 0.6 is 11.9 Å². The molecule has 0 aliphatic rings. The number of hydrogen-bond acceptors (Lipinski definition) is 3. The lowest BCUT2D eigenvalue weighted by Crippen LogP contribution is -2.11. The Hall–Kier alpha value is -1.07. The van der Waals surface area contributed by atoms with Crippen molar-refractivity contribution in [2.75, 3.05) is 0 Å². The molecule has 0 unspecified atom stereocenters. The van der Waals surface area contributed by atoms with Crippen LogP contribution in [0.3, 0.4) is 0 Å². The number of amidine groups is 1. The van der Waals surface area contributed by atoms with Crippen LogP contribution in [0.2, 0.25) is 0 Å². The van der Waals surface area contributed by atoms with E-state index >= 15 is 0 Å². The molecule has 5 N–H and O–H groups in total. The summed E-state index contributed by atoms with van der Waals surface area (Å²) in [4.78, 5) is 0. The van der Waals surface area contributed by atoms with Crippen LogP contribution in [-0.4, -0.2) is 20.7 Å². The van der Waals surface area contributed by atoms with E-state index in [2.05, 4.69) is 22.1 Å². The lowest BCUT2D eigenvalue weighted by molar-refractivity contribution is 0.632. The first-order valence-corrected chi connectivity index (χ1v) is 2.65. The summed E-state index contributed by atoms with van der Waals surface area (Å²) < 4.78 is 6.47. The summed E-state index contributed by atoms with van der Waals surface area (Å²) >= 11 is 3.64. The number of nitrogens with two attached hydrogens (primary N) is 1. The van der Waals surface area contributed by atoms with Crippen molar-refractivity contribution in [3.05, 3.63) is 18.0 Å². The van der Waals surface area contributed by atoms with E-state index in [1.807, 2.05) is 0 Å². The molecule has 0 aromatic carbocycles. The van der Waals surface area contributed by atoms with Crippen molar-refractivity contribution in [1.82, 2.24) is 10.2 Å². The Kier molecular flexibility index (Phi) is 4.26. The second-order valence-corrected chi connectivity index (χ2v) is 1.38. The van der Waals surface area contributed by atoms with Gasteiger partial charge >= 0.3 is 0 Å². The van der Waals surface area contributed by atoms with Crippen LogP contribution in [0, 0.1) is 5.41 Å². The summed E-state index contributed by atoms with van der Waals surface area (Å²) in [5.74, 6) is 0.0162. The van der Waals surface area contributed by atoms with Crippen molar-refractivity contribution >= 4 is 17.7 Å². The number of H-pyrrole nitrogens is 1. The molecule has 1 aromatic heterocycles. The fourth-order valence-electron chi connectivity index (χ4n) is 0.406. The number of nitrogens with zero attached hydrogens (tertiary/aromatic N) is 1. The average Bonchev–Trinajstić information content (AvgIpc) is 2.42. The molecule has 0 spiro atoms. The normalized spacial score (nSPS) is 7.80. The largest absolute Gasteiger partial charge is 0.382 e.